The van der Waals surface area contributed by atoms with Gasteiger partial charge >= 0.3 is 0 Å². The molecule has 0 saturated carbocycles. The van der Waals surface area contributed by atoms with Gasteiger partial charge in [-0.05, 0) is 23.6 Å². The summed E-state index contributed by atoms with van der Waals surface area (Å²) < 4.78 is 0. The van der Waals surface area contributed by atoms with Crippen LogP contribution in [-0.4, -0.2) is 10.2 Å². The molecule has 3 N–H and O–H groups in total. The zero-order chi connectivity index (χ0) is 9.42. The maximum atomic E-state index is 5.66. The molecule has 3 heteroatoms. The number of aromatic amines is 1. The number of nitrogens with one attached hydrogen (secondary N) is 1. The van der Waals surface area contributed by atoms with Crippen molar-refractivity contribution in [3.63, 3.8) is 0 Å². The van der Waals surface area contributed by atoms with Gasteiger partial charge in [0.25, 0.3) is 0 Å². The lowest BCUT2D eigenvalue weighted by molar-refractivity contribution is 0.868. The minimum absolute atomic E-state index is 0.536. The van der Waals surface area contributed by atoms with Crippen LogP contribution < -0.4 is 5.73 Å². The fourth-order valence-electron chi connectivity index (χ4n) is 1.42. The number of aromatic nitrogens is 2. The lowest BCUT2D eigenvalue weighted by Gasteiger charge is -2.03. The van der Waals surface area contributed by atoms with Gasteiger partial charge in [-0.1, -0.05) is 19.9 Å². The second kappa shape index (κ2) is 2.76. The first-order chi connectivity index (χ1) is 6.18. The van der Waals surface area contributed by atoms with Crippen molar-refractivity contribution in [2.45, 2.75) is 19.8 Å². The summed E-state index contributed by atoms with van der Waals surface area (Å²) >= 11 is 0. The highest BCUT2D eigenvalue weighted by Gasteiger charge is 2.04. The predicted molar refractivity (Wildman–Crippen MR) is 54.6 cm³/mol. The molecule has 13 heavy (non-hydrogen) atoms. The van der Waals surface area contributed by atoms with Crippen LogP contribution in [0.4, 0.5) is 5.82 Å². The van der Waals surface area contributed by atoms with Gasteiger partial charge in [-0.2, -0.15) is 5.10 Å². The molecule has 0 aliphatic rings. The number of H-pyrrole nitrogens is 1. The Bertz CT molecular complexity index is 429. The van der Waals surface area contributed by atoms with E-state index >= 15 is 0 Å². The number of nitrogens with two attached hydrogens (primary N) is 1. The van der Waals surface area contributed by atoms with Crippen molar-refractivity contribution in [2.24, 2.45) is 0 Å². The number of benzene rings is 1. The number of rotatable bonds is 1. The van der Waals surface area contributed by atoms with Gasteiger partial charge in [-0.3, -0.25) is 5.10 Å². The largest absolute Gasteiger partial charge is 0.382 e. The summed E-state index contributed by atoms with van der Waals surface area (Å²) in [6.45, 7) is 4.34. The molecule has 0 atom stereocenters. The Balaban J connectivity index is 2.63. The monoisotopic (exact) mass is 175 g/mol. The number of hydrogen-bond acceptors (Lipinski definition) is 2. The third-order valence-electron chi connectivity index (χ3n) is 2.28. The van der Waals surface area contributed by atoms with Crippen molar-refractivity contribution >= 4 is 16.7 Å². The fraction of sp³-hybridized carbons (Fsp3) is 0.300. The van der Waals surface area contributed by atoms with E-state index in [9.17, 15) is 0 Å². The Hall–Kier alpha value is -1.51. The molecular weight excluding hydrogens is 162 g/mol. The van der Waals surface area contributed by atoms with E-state index in [0.29, 0.717) is 11.7 Å². The molecule has 0 aliphatic carbocycles. The van der Waals surface area contributed by atoms with Crippen LogP contribution in [0.3, 0.4) is 0 Å². The molecule has 3 nitrogen and oxygen atoms in total. The summed E-state index contributed by atoms with van der Waals surface area (Å²) in [5.41, 5.74) is 7.98. The lowest BCUT2D eigenvalue weighted by atomic mass is 10.0. The molecular formula is C10H13N3. The van der Waals surface area contributed by atoms with Crippen LogP contribution in [0.15, 0.2) is 18.2 Å². The molecule has 68 valence electrons. The standard InChI is InChI=1S/C10H13N3/c1-6(2)7-3-4-8-9(5-7)12-13-10(8)11/h3-6H,1-2H3,(H3,11,12,13). The highest BCUT2D eigenvalue weighted by molar-refractivity contribution is 5.88. The van der Waals surface area contributed by atoms with Crippen molar-refractivity contribution in [1.82, 2.24) is 10.2 Å². The third-order valence-corrected chi connectivity index (χ3v) is 2.28. The Labute approximate surface area is 76.9 Å². The molecule has 0 saturated heterocycles. The summed E-state index contributed by atoms with van der Waals surface area (Å²) in [6.07, 6.45) is 0. The van der Waals surface area contributed by atoms with E-state index in [1.54, 1.807) is 0 Å². The number of hydrogen-bond donors (Lipinski definition) is 2. The minimum Gasteiger partial charge on any atom is -0.382 e. The first kappa shape index (κ1) is 8.10. The molecule has 0 radical (unpaired) electrons. The summed E-state index contributed by atoms with van der Waals surface area (Å²) in [7, 11) is 0. The highest BCUT2D eigenvalue weighted by Crippen LogP contribution is 2.22. The van der Waals surface area contributed by atoms with Crippen molar-refractivity contribution in [3.05, 3.63) is 23.8 Å². The Morgan fingerprint density at radius 1 is 1.38 bits per heavy atom. The molecule has 0 amide bonds. The van der Waals surface area contributed by atoms with Gasteiger partial charge in [0, 0.05) is 5.39 Å². The maximum Gasteiger partial charge on any atom is 0.153 e. The van der Waals surface area contributed by atoms with Gasteiger partial charge in [0.2, 0.25) is 0 Å². The van der Waals surface area contributed by atoms with E-state index in [-0.39, 0.29) is 0 Å². The minimum atomic E-state index is 0.536. The molecule has 0 fully saturated rings. The van der Waals surface area contributed by atoms with Crippen LogP contribution >= 0.6 is 0 Å². The van der Waals surface area contributed by atoms with E-state index in [1.807, 2.05) is 6.07 Å². The van der Waals surface area contributed by atoms with Gasteiger partial charge < -0.3 is 5.73 Å². The summed E-state index contributed by atoms with van der Waals surface area (Å²) in [5.74, 6) is 1.11. The normalized spacial score (nSPS) is 11.3. The molecule has 2 rings (SSSR count). The van der Waals surface area contributed by atoms with E-state index < -0.39 is 0 Å². The van der Waals surface area contributed by atoms with E-state index in [0.717, 1.165) is 10.9 Å². The van der Waals surface area contributed by atoms with Crippen LogP contribution in [0.2, 0.25) is 0 Å². The van der Waals surface area contributed by atoms with Crippen molar-refractivity contribution in [1.29, 1.82) is 0 Å². The maximum absolute atomic E-state index is 5.66. The van der Waals surface area contributed by atoms with Gasteiger partial charge in [0.1, 0.15) is 0 Å². The van der Waals surface area contributed by atoms with Crippen molar-refractivity contribution in [3.8, 4) is 0 Å². The van der Waals surface area contributed by atoms with Crippen LogP contribution in [0.25, 0.3) is 10.9 Å². The van der Waals surface area contributed by atoms with E-state index in [2.05, 4.69) is 36.2 Å². The molecule has 0 aliphatic heterocycles. The molecule has 0 bridgehead atoms. The lowest BCUT2D eigenvalue weighted by Crippen LogP contribution is -1.86. The average molecular weight is 175 g/mol. The van der Waals surface area contributed by atoms with Gasteiger partial charge in [-0.15, -0.1) is 0 Å². The quantitative estimate of drug-likeness (QED) is 0.698. The predicted octanol–water partition coefficient (Wildman–Crippen LogP) is 2.27. The first-order valence-electron chi connectivity index (χ1n) is 4.42. The topological polar surface area (TPSA) is 54.7 Å². The highest BCUT2D eigenvalue weighted by atomic mass is 15.1. The Morgan fingerprint density at radius 2 is 2.15 bits per heavy atom. The van der Waals surface area contributed by atoms with Gasteiger partial charge in [0.15, 0.2) is 5.82 Å². The van der Waals surface area contributed by atoms with Crippen LogP contribution in [0.1, 0.15) is 25.3 Å². The summed E-state index contributed by atoms with van der Waals surface area (Å²) in [5, 5.41) is 7.86. The van der Waals surface area contributed by atoms with Gasteiger partial charge in [0.05, 0.1) is 5.52 Å². The molecule has 0 spiro atoms. The molecule has 1 heterocycles. The smallest absolute Gasteiger partial charge is 0.153 e. The van der Waals surface area contributed by atoms with Crippen molar-refractivity contribution < 1.29 is 0 Å². The van der Waals surface area contributed by atoms with Gasteiger partial charge in [-0.25, -0.2) is 0 Å². The second-order valence-electron chi connectivity index (χ2n) is 3.57. The molecule has 1 aromatic heterocycles. The Kier molecular flexibility index (Phi) is 1.72. The number of anilines is 1. The zero-order valence-electron chi connectivity index (χ0n) is 7.83. The SMILES string of the molecule is CC(C)c1ccc2c(N)n[nH]c2c1. The molecule has 1 aromatic carbocycles. The summed E-state index contributed by atoms with van der Waals surface area (Å²) in [4.78, 5) is 0. The van der Waals surface area contributed by atoms with Crippen molar-refractivity contribution in [2.75, 3.05) is 5.73 Å². The number of fused-ring (bicyclic) bond motifs is 1. The van der Waals surface area contributed by atoms with Crippen LogP contribution in [0, 0.1) is 0 Å². The van der Waals surface area contributed by atoms with Crippen LogP contribution in [-0.2, 0) is 0 Å². The third kappa shape index (κ3) is 1.26. The molecule has 2 aromatic rings. The molecule has 0 unspecified atom stereocenters. The van der Waals surface area contributed by atoms with E-state index in [4.69, 9.17) is 5.73 Å². The fourth-order valence-corrected chi connectivity index (χ4v) is 1.42. The number of nitrogen functional groups attached to an aromatic ring is 1. The average Bonchev–Trinajstić information content (AvgIpc) is 2.47. The van der Waals surface area contributed by atoms with E-state index in [1.165, 1.54) is 5.56 Å². The first-order valence-corrected chi connectivity index (χ1v) is 4.42. The van der Waals surface area contributed by atoms with Crippen LogP contribution in [0.5, 0.6) is 0 Å². The Morgan fingerprint density at radius 3 is 2.85 bits per heavy atom. The number of nitrogens with zero attached hydrogens (tertiary/aromatic N) is 1. The summed E-state index contributed by atoms with van der Waals surface area (Å²) in [6, 6.07) is 6.21. The zero-order valence-corrected chi connectivity index (χ0v) is 7.83. The second-order valence-corrected chi connectivity index (χ2v) is 3.57.